The number of aryl methyl sites for hydroxylation is 2. The number of hydrogen-bond acceptors (Lipinski definition) is 5. The summed E-state index contributed by atoms with van der Waals surface area (Å²) in [5.74, 6) is 0.799. The summed E-state index contributed by atoms with van der Waals surface area (Å²) in [5.41, 5.74) is 1.58. The summed E-state index contributed by atoms with van der Waals surface area (Å²) < 4.78 is 12.7. The van der Waals surface area contributed by atoms with Crippen LogP contribution in [0.5, 0.6) is 5.75 Å². The quantitative estimate of drug-likeness (QED) is 0.663. The van der Waals surface area contributed by atoms with Crippen LogP contribution in [0.3, 0.4) is 0 Å². The van der Waals surface area contributed by atoms with Gasteiger partial charge in [0.1, 0.15) is 18.1 Å². The highest BCUT2D eigenvalue weighted by Gasteiger charge is 2.22. The van der Waals surface area contributed by atoms with Crippen molar-refractivity contribution in [2.45, 2.75) is 40.0 Å². The molecule has 8 heteroatoms. The van der Waals surface area contributed by atoms with Crippen LogP contribution in [0.2, 0.25) is 5.02 Å². The van der Waals surface area contributed by atoms with Gasteiger partial charge in [-0.15, -0.1) is 0 Å². The van der Waals surface area contributed by atoms with Crippen molar-refractivity contribution < 1.29 is 14.1 Å². The molecule has 142 valence electrons. The molecule has 1 amide bonds. The molecule has 0 aliphatic heterocycles. The number of nitrogens with zero attached hydrogens (tertiary/aromatic N) is 3. The topological polar surface area (TPSA) is 82.2 Å². The third-order valence-corrected chi connectivity index (χ3v) is 4.39. The molecule has 1 atom stereocenters. The molecule has 0 saturated carbocycles. The fraction of sp³-hybridized carbons (Fsp3) is 0.316. The van der Waals surface area contributed by atoms with E-state index in [1.54, 1.807) is 31.2 Å². The van der Waals surface area contributed by atoms with Crippen molar-refractivity contribution in [1.82, 2.24) is 20.3 Å². The van der Waals surface area contributed by atoms with Gasteiger partial charge in [0.25, 0.3) is 5.91 Å². The van der Waals surface area contributed by atoms with E-state index in [4.69, 9.17) is 20.9 Å². The van der Waals surface area contributed by atoms with E-state index in [0.717, 1.165) is 12.2 Å². The molecule has 2 heterocycles. The van der Waals surface area contributed by atoms with Crippen molar-refractivity contribution in [2.75, 3.05) is 0 Å². The predicted octanol–water partition coefficient (Wildman–Crippen LogP) is 3.92. The molecule has 1 aromatic carbocycles. The molecular formula is C19H21ClN4O3. The van der Waals surface area contributed by atoms with Gasteiger partial charge in [-0.3, -0.25) is 9.48 Å². The average Bonchev–Trinajstić information content (AvgIpc) is 3.26. The number of aromatic nitrogens is 3. The van der Waals surface area contributed by atoms with E-state index < -0.39 is 0 Å². The van der Waals surface area contributed by atoms with Gasteiger partial charge in [-0.05, 0) is 45.0 Å². The third kappa shape index (κ3) is 4.49. The number of carbonyl (C=O) groups is 1. The van der Waals surface area contributed by atoms with Gasteiger partial charge >= 0.3 is 0 Å². The van der Waals surface area contributed by atoms with Crippen molar-refractivity contribution >= 4 is 17.5 Å². The Hall–Kier alpha value is -2.80. The van der Waals surface area contributed by atoms with E-state index in [1.165, 1.54) is 0 Å². The van der Waals surface area contributed by atoms with Gasteiger partial charge in [0, 0.05) is 17.8 Å². The van der Waals surface area contributed by atoms with E-state index in [-0.39, 0.29) is 24.2 Å². The Kier molecular flexibility index (Phi) is 5.81. The zero-order valence-corrected chi connectivity index (χ0v) is 16.2. The fourth-order valence-corrected chi connectivity index (χ4v) is 2.76. The molecule has 3 rings (SSSR count). The Morgan fingerprint density at radius 3 is 2.93 bits per heavy atom. The minimum Gasteiger partial charge on any atom is -0.489 e. The maximum Gasteiger partial charge on any atom is 0.274 e. The zero-order chi connectivity index (χ0) is 19.4. The number of carbonyl (C=O) groups excluding carboxylic acids is 1. The molecule has 0 fully saturated rings. The Labute approximate surface area is 162 Å². The van der Waals surface area contributed by atoms with E-state index in [0.29, 0.717) is 22.1 Å². The molecule has 0 aliphatic rings. The van der Waals surface area contributed by atoms with Crippen LogP contribution in [0.15, 0.2) is 41.1 Å². The Morgan fingerprint density at radius 1 is 1.41 bits per heavy atom. The van der Waals surface area contributed by atoms with E-state index in [2.05, 4.69) is 15.6 Å². The highest BCUT2D eigenvalue weighted by Crippen LogP contribution is 2.21. The van der Waals surface area contributed by atoms with Gasteiger partial charge in [0.2, 0.25) is 0 Å². The summed E-state index contributed by atoms with van der Waals surface area (Å²) in [4.78, 5) is 12.7. The maximum absolute atomic E-state index is 12.7. The van der Waals surface area contributed by atoms with Crippen LogP contribution in [-0.2, 0) is 13.2 Å². The largest absolute Gasteiger partial charge is 0.489 e. The number of halogens is 1. The first-order chi connectivity index (χ1) is 13.0. The number of benzene rings is 1. The van der Waals surface area contributed by atoms with Gasteiger partial charge in [-0.2, -0.15) is 5.10 Å². The normalized spacial score (nSPS) is 12.0. The fourth-order valence-electron chi connectivity index (χ4n) is 2.58. The molecule has 0 saturated heterocycles. The predicted molar refractivity (Wildman–Crippen MR) is 101 cm³/mol. The minimum absolute atomic E-state index is 0.150. The molecule has 7 nitrogen and oxygen atoms in total. The highest BCUT2D eigenvalue weighted by molar-refractivity contribution is 6.30. The molecule has 0 aliphatic carbocycles. The number of hydrogen-bond donors (Lipinski definition) is 1. The van der Waals surface area contributed by atoms with Crippen LogP contribution in [-0.4, -0.2) is 20.8 Å². The first kappa shape index (κ1) is 19.0. The third-order valence-electron chi connectivity index (χ3n) is 4.16. The van der Waals surface area contributed by atoms with Crippen LogP contribution in [0.25, 0.3) is 0 Å². The van der Waals surface area contributed by atoms with Crippen molar-refractivity contribution in [3.05, 3.63) is 64.3 Å². The molecule has 1 unspecified atom stereocenters. The first-order valence-corrected chi connectivity index (χ1v) is 9.03. The second kappa shape index (κ2) is 8.26. The summed E-state index contributed by atoms with van der Waals surface area (Å²) in [6, 6.07) is 8.67. The number of ether oxygens (including phenoxy) is 1. The molecule has 0 radical (unpaired) electrons. The van der Waals surface area contributed by atoms with E-state index in [9.17, 15) is 4.79 Å². The maximum atomic E-state index is 12.7. The van der Waals surface area contributed by atoms with Crippen molar-refractivity contribution in [3.8, 4) is 5.75 Å². The Morgan fingerprint density at radius 2 is 2.22 bits per heavy atom. The standard InChI is InChI=1S/C19H21ClN4O3/c1-4-24-9-8-17(22-24)12(2)21-19(25)18-16(13(3)27-23-18)11-26-15-7-5-6-14(20)10-15/h5-10,12H,4,11H2,1-3H3,(H,21,25). The second-order valence-corrected chi connectivity index (χ2v) is 6.54. The molecule has 0 bridgehead atoms. The minimum atomic E-state index is -0.338. The number of amides is 1. The summed E-state index contributed by atoms with van der Waals surface area (Å²) in [6.07, 6.45) is 1.88. The average molecular weight is 389 g/mol. The summed E-state index contributed by atoms with van der Waals surface area (Å²) in [6.45, 7) is 6.54. The Bertz CT molecular complexity index is 935. The Balaban J connectivity index is 1.70. The smallest absolute Gasteiger partial charge is 0.274 e. The zero-order valence-electron chi connectivity index (χ0n) is 15.4. The molecule has 27 heavy (non-hydrogen) atoms. The lowest BCUT2D eigenvalue weighted by molar-refractivity contribution is 0.0927. The summed E-state index contributed by atoms with van der Waals surface area (Å²) in [7, 11) is 0. The van der Waals surface area contributed by atoms with E-state index >= 15 is 0 Å². The molecule has 1 N–H and O–H groups in total. The number of nitrogens with one attached hydrogen (secondary N) is 1. The van der Waals surface area contributed by atoms with Crippen molar-refractivity contribution in [3.63, 3.8) is 0 Å². The molecule has 2 aromatic heterocycles. The van der Waals surface area contributed by atoms with Crippen LogP contribution < -0.4 is 10.1 Å². The second-order valence-electron chi connectivity index (χ2n) is 6.10. The molecule has 0 spiro atoms. The molecule has 3 aromatic rings. The van der Waals surface area contributed by atoms with Crippen LogP contribution in [0.1, 0.15) is 47.4 Å². The monoisotopic (exact) mass is 388 g/mol. The SMILES string of the molecule is CCn1ccc(C(C)NC(=O)c2noc(C)c2COc2cccc(Cl)c2)n1. The first-order valence-electron chi connectivity index (χ1n) is 8.65. The molecular weight excluding hydrogens is 368 g/mol. The van der Waals surface area contributed by atoms with E-state index in [1.807, 2.05) is 30.8 Å². The van der Waals surface area contributed by atoms with Crippen molar-refractivity contribution in [2.24, 2.45) is 0 Å². The van der Waals surface area contributed by atoms with Gasteiger partial charge in [-0.25, -0.2) is 0 Å². The van der Waals surface area contributed by atoms with Gasteiger partial charge in [-0.1, -0.05) is 22.8 Å². The van der Waals surface area contributed by atoms with Gasteiger partial charge in [0.05, 0.1) is 17.3 Å². The lowest BCUT2D eigenvalue weighted by Crippen LogP contribution is -2.28. The summed E-state index contributed by atoms with van der Waals surface area (Å²) >= 11 is 5.96. The lowest BCUT2D eigenvalue weighted by atomic mass is 10.1. The van der Waals surface area contributed by atoms with Gasteiger partial charge < -0.3 is 14.6 Å². The summed E-state index contributed by atoms with van der Waals surface area (Å²) in [5, 5.41) is 11.8. The highest BCUT2D eigenvalue weighted by atomic mass is 35.5. The van der Waals surface area contributed by atoms with Crippen molar-refractivity contribution in [1.29, 1.82) is 0 Å². The van der Waals surface area contributed by atoms with Crippen LogP contribution in [0, 0.1) is 6.92 Å². The number of rotatable bonds is 7. The van der Waals surface area contributed by atoms with Gasteiger partial charge in [0.15, 0.2) is 5.69 Å². The lowest BCUT2D eigenvalue weighted by Gasteiger charge is -2.11. The van der Waals surface area contributed by atoms with Crippen LogP contribution in [0.4, 0.5) is 0 Å². The van der Waals surface area contributed by atoms with Crippen LogP contribution >= 0.6 is 11.6 Å².